The number of hydrogen-bond donors (Lipinski definition) is 1. The number of ether oxygens (including phenoxy) is 1. The van der Waals surface area contributed by atoms with Crippen molar-refractivity contribution in [3.05, 3.63) is 28.6 Å². The fourth-order valence-corrected chi connectivity index (χ4v) is 2.68. The van der Waals surface area contributed by atoms with Gasteiger partial charge >= 0.3 is 5.97 Å². The molecule has 1 aliphatic heterocycles. The van der Waals surface area contributed by atoms with Gasteiger partial charge in [0, 0.05) is 23.6 Å². The maximum Gasteiger partial charge on any atom is 0.337 e. The Morgan fingerprint density at radius 3 is 2.78 bits per heavy atom. The Labute approximate surface area is 106 Å². The van der Waals surface area contributed by atoms with Gasteiger partial charge in [-0.3, -0.25) is 4.98 Å². The lowest BCUT2D eigenvalue weighted by atomic mass is 9.96. The quantitative estimate of drug-likeness (QED) is 0.872. The van der Waals surface area contributed by atoms with Gasteiger partial charge in [0.1, 0.15) is 0 Å². The standard InChI is InChI=1S/C14H17NO3/c1-7-5-12-10(8(2)18-7)6-11(14(16)17)13(15-12)9-3-4-9/h6-9H,3-5H2,1-2H3,(H,16,17). The molecule has 0 saturated heterocycles. The van der Waals surface area contributed by atoms with E-state index in [1.807, 2.05) is 13.8 Å². The first-order chi connectivity index (χ1) is 8.56. The predicted octanol–water partition coefficient (Wildman–Crippen LogP) is 2.68. The van der Waals surface area contributed by atoms with Crippen molar-refractivity contribution in [2.75, 3.05) is 0 Å². The van der Waals surface area contributed by atoms with Gasteiger partial charge in [-0.2, -0.15) is 0 Å². The molecule has 2 atom stereocenters. The Kier molecular flexibility index (Phi) is 2.63. The van der Waals surface area contributed by atoms with Crippen LogP contribution in [0.15, 0.2) is 6.07 Å². The number of aromatic nitrogens is 1. The minimum Gasteiger partial charge on any atom is -0.478 e. The molecule has 1 aliphatic carbocycles. The summed E-state index contributed by atoms with van der Waals surface area (Å²) in [6, 6.07) is 1.77. The summed E-state index contributed by atoms with van der Waals surface area (Å²) in [4.78, 5) is 16.0. The third kappa shape index (κ3) is 1.90. The minimum atomic E-state index is -0.877. The molecule has 2 unspecified atom stereocenters. The van der Waals surface area contributed by atoms with Crippen LogP contribution < -0.4 is 0 Å². The normalized spacial score (nSPS) is 26.8. The maximum absolute atomic E-state index is 11.3. The first-order valence-corrected chi connectivity index (χ1v) is 6.48. The molecule has 96 valence electrons. The molecule has 1 aromatic heterocycles. The largest absolute Gasteiger partial charge is 0.478 e. The number of carbonyl (C=O) groups is 1. The summed E-state index contributed by atoms with van der Waals surface area (Å²) >= 11 is 0. The van der Waals surface area contributed by atoms with Crippen LogP contribution in [0.25, 0.3) is 0 Å². The lowest BCUT2D eigenvalue weighted by molar-refractivity contribution is -0.00606. The SMILES string of the molecule is CC1Cc2nc(C3CC3)c(C(=O)O)cc2C(C)O1. The number of pyridine rings is 1. The van der Waals surface area contributed by atoms with E-state index in [1.165, 1.54) is 0 Å². The Morgan fingerprint density at radius 1 is 1.44 bits per heavy atom. The summed E-state index contributed by atoms with van der Waals surface area (Å²) in [7, 11) is 0. The zero-order valence-corrected chi connectivity index (χ0v) is 10.6. The van der Waals surface area contributed by atoms with Crippen LogP contribution in [0.4, 0.5) is 0 Å². The summed E-state index contributed by atoms with van der Waals surface area (Å²) in [6.07, 6.45) is 2.99. The Hall–Kier alpha value is -1.42. The smallest absolute Gasteiger partial charge is 0.337 e. The van der Waals surface area contributed by atoms with E-state index >= 15 is 0 Å². The van der Waals surface area contributed by atoms with E-state index in [0.29, 0.717) is 11.5 Å². The van der Waals surface area contributed by atoms with E-state index in [4.69, 9.17) is 4.74 Å². The minimum absolute atomic E-state index is 0.0670. The van der Waals surface area contributed by atoms with Crippen LogP contribution in [0.3, 0.4) is 0 Å². The molecule has 4 nitrogen and oxygen atoms in total. The molecule has 1 N–H and O–H groups in total. The number of fused-ring (bicyclic) bond motifs is 1. The second kappa shape index (κ2) is 4.05. The highest BCUT2D eigenvalue weighted by atomic mass is 16.5. The van der Waals surface area contributed by atoms with Gasteiger partial charge in [-0.25, -0.2) is 4.79 Å². The Morgan fingerprint density at radius 2 is 2.17 bits per heavy atom. The second-order valence-electron chi connectivity index (χ2n) is 5.33. The average Bonchev–Trinajstić information content (AvgIpc) is 3.10. The van der Waals surface area contributed by atoms with E-state index < -0.39 is 5.97 Å². The van der Waals surface area contributed by atoms with Crippen molar-refractivity contribution in [3.63, 3.8) is 0 Å². The lowest BCUT2D eigenvalue weighted by Gasteiger charge is -2.28. The highest BCUT2D eigenvalue weighted by molar-refractivity contribution is 5.89. The van der Waals surface area contributed by atoms with Crippen LogP contribution in [0.5, 0.6) is 0 Å². The van der Waals surface area contributed by atoms with Crippen LogP contribution >= 0.6 is 0 Å². The Bertz CT molecular complexity index is 508. The topological polar surface area (TPSA) is 59.4 Å². The van der Waals surface area contributed by atoms with Gasteiger partial charge in [0.15, 0.2) is 0 Å². The number of hydrogen-bond acceptors (Lipinski definition) is 3. The van der Waals surface area contributed by atoms with E-state index in [1.54, 1.807) is 6.07 Å². The molecule has 1 saturated carbocycles. The summed E-state index contributed by atoms with van der Waals surface area (Å²) in [5, 5.41) is 9.30. The number of nitrogens with zero attached hydrogens (tertiary/aromatic N) is 1. The first kappa shape index (κ1) is 11.7. The van der Waals surface area contributed by atoms with Crippen molar-refractivity contribution < 1.29 is 14.6 Å². The molecule has 0 bridgehead atoms. The molecule has 0 radical (unpaired) electrons. The zero-order valence-electron chi connectivity index (χ0n) is 10.6. The number of rotatable bonds is 2. The molecule has 2 heterocycles. The van der Waals surface area contributed by atoms with Gasteiger partial charge in [0.2, 0.25) is 0 Å². The molecule has 1 aromatic rings. The van der Waals surface area contributed by atoms with Crippen LogP contribution in [-0.2, 0) is 11.2 Å². The van der Waals surface area contributed by atoms with Crippen LogP contribution in [-0.4, -0.2) is 22.2 Å². The van der Waals surface area contributed by atoms with Gasteiger partial charge in [-0.15, -0.1) is 0 Å². The molecule has 3 rings (SSSR count). The molecule has 2 aliphatic rings. The van der Waals surface area contributed by atoms with Crippen molar-refractivity contribution in [1.82, 2.24) is 4.98 Å². The monoisotopic (exact) mass is 247 g/mol. The highest BCUT2D eigenvalue weighted by Crippen LogP contribution is 2.42. The maximum atomic E-state index is 11.3. The first-order valence-electron chi connectivity index (χ1n) is 6.48. The molecule has 0 aromatic carbocycles. The van der Waals surface area contributed by atoms with Gasteiger partial charge in [0.05, 0.1) is 23.5 Å². The molecule has 1 fully saturated rings. The molecule has 4 heteroatoms. The third-order valence-corrected chi connectivity index (χ3v) is 3.71. The fraction of sp³-hybridized carbons (Fsp3) is 0.571. The van der Waals surface area contributed by atoms with E-state index in [0.717, 1.165) is 36.2 Å². The van der Waals surface area contributed by atoms with Gasteiger partial charge in [-0.05, 0) is 32.8 Å². The van der Waals surface area contributed by atoms with Crippen LogP contribution in [0.2, 0.25) is 0 Å². The van der Waals surface area contributed by atoms with Gasteiger partial charge < -0.3 is 9.84 Å². The van der Waals surface area contributed by atoms with Crippen molar-refractivity contribution in [2.45, 2.75) is 51.2 Å². The summed E-state index contributed by atoms with van der Waals surface area (Å²) in [6.45, 7) is 3.99. The van der Waals surface area contributed by atoms with Crippen LogP contribution in [0, 0.1) is 0 Å². The lowest BCUT2D eigenvalue weighted by Crippen LogP contribution is -2.24. The van der Waals surface area contributed by atoms with Crippen molar-refractivity contribution >= 4 is 5.97 Å². The molecular weight excluding hydrogens is 230 g/mol. The molecular formula is C14H17NO3. The van der Waals surface area contributed by atoms with Crippen molar-refractivity contribution in [3.8, 4) is 0 Å². The molecule has 18 heavy (non-hydrogen) atoms. The summed E-state index contributed by atoms with van der Waals surface area (Å²) < 4.78 is 5.73. The second-order valence-corrected chi connectivity index (χ2v) is 5.33. The van der Waals surface area contributed by atoms with E-state index in [9.17, 15) is 9.90 Å². The third-order valence-electron chi connectivity index (χ3n) is 3.71. The summed E-state index contributed by atoms with van der Waals surface area (Å²) in [5.74, 6) is -0.520. The summed E-state index contributed by atoms with van der Waals surface area (Å²) in [5.41, 5.74) is 3.10. The van der Waals surface area contributed by atoms with Gasteiger partial charge in [0.25, 0.3) is 0 Å². The Balaban J connectivity index is 2.11. The number of aromatic carboxylic acids is 1. The van der Waals surface area contributed by atoms with Gasteiger partial charge in [-0.1, -0.05) is 0 Å². The molecule has 0 spiro atoms. The molecule has 0 amide bonds. The number of carboxylic acids is 1. The average molecular weight is 247 g/mol. The van der Waals surface area contributed by atoms with Crippen molar-refractivity contribution in [2.24, 2.45) is 0 Å². The number of carboxylic acid groups (broad SMARTS) is 1. The van der Waals surface area contributed by atoms with Crippen molar-refractivity contribution in [1.29, 1.82) is 0 Å². The predicted molar refractivity (Wildman–Crippen MR) is 65.8 cm³/mol. The fourth-order valence-electron chi connectivity index (χ4n) is 2.68. The highest BCUT2D eigenvalue weighted by Gasteiger charge is 2.33. The zero-order chi connectivity index (χ0) is 12.9. The van der Waals surface area contributed by atoms with E-state index in [-0.39, 0.29) is 12.2 Å². The van der Waals surface area contributed by atoms with Crippen LogP contribution in [0.1, 0.15) is 66.0 Å². The van der Waals surface area contributed by atoms with E-state index in [2.05, 4.69) is 4.98 Å².